The lowest BCUT2D eigenvalue weighted by molar-refractivity contribution is 0.361. The van der Waals surface area contributed by atoms with E-state index < -0.39 is 0 Å². The normalized spacial score (nSPS) is 17.9. The molecule has 1 N–H and O–H groups in total. The van der Waals surface area contributed by atoms with Crippen LogP contribution in [0.5, 0.6) is 0 Å². The van der Waals surface area contributed by atoms with Crippen LogP contribution in [-0.4, -0.2) is 23.3 Å². The number of hydrogen-bond acceptors (Lipinski definition) is 4. The Balaban J connectivity index is 1.75. The molecule has 114 valence electrons. The molecule has 1 heterocycles. The van der Waals surface area contributed by atoms with Gasteiger partial charge in [0, 0.05) is 12.3 Å². The molecule has 4 heteroatoms. The molecule has 1 saturated carbocycles. The summed E-state index contributed by atoms with van der Waals surface area (Å²) in [5, 5.41) is 11.9. The average Bonchev–Trinajstić information content (AvgIpc) is 2.87. The molecule has 0 bridgehead atoms. The summed E-state index contributed by atoms with van der Waals surface area (Å²) in [5.41, 5.74) is 0. The average molecular weight is 279 g/mol. The lowest BCUT2D eigenvalue weighted by atomic mass is 9.91. The number of hydrogen-bond donors (Lipinski definition) is 1. The minimum Gasteiger partial charge on any atom is -0.425 e. The van der Waals surface area contributed by atoms with E-state index in [1.807, 2.05) is 0 Å². The molecule has 1 aromatic rings. The minimum absolute atomic E-state index is 0.509. The van der Waals surface area contributed by atoms with Gasteiger partial charge in [-0.15, -0.1) is 10.2 Å². The van der Waals surface area contributed by atoms with Crippen LogP contribution in [0.1, 0.15) is 82.4 Å². The van der Waals surface area contributed by atoms with Gasteiger partial charge in [0.2, 0.25) is 11.8 Å². The highest BCUT2D eigenvalue weighted by Crippen LogP contribution is 2.30. The van der Waals surface area contributed by atoms with E-state index in [9.17, 15) is 0 Å². The van der Waals surface area contributed by atoms with Crippen molar-refractivity contribution in [3.8, 4) is 0 Å². The van der Waals surface area contributed by atoms with Crippen molar-refractivity contribution in [3.05, 3.63) is 11.8 Å². The number of rotatable bonds is 7. The monoisotopic (exact) mass is 279 g/mol. The van der Waals surface area contributed by atoms with Crippen LogP contribution in [0.15, 0.2) is 4.42 Å². The van der Waals surface area contributed by atoms with Crippen LogP contribution in [0.2, 0.25) is 0 Å². The molecular weight excluding hydrogens is 250 g/mol. The molecule has 20 heavy (non-hydrogen) atoms. The van der Waals surface area contributed by atoms with E-state index >= 15 is 0 Å². The Kier molecular flexibility index (Phi) is 7.06. The zero-order chi connectivity index (χ0) is 14.0. The number of aromatic nitrogens is 2. The van der Waals surface area contributed by atoms with E-state index in [1.54, 1.807) is 0 Å². The first-order chi connectivity index (χ1) is 9.90. The van der Waals surface area contributed by atoms with Crippen molar-refractivity contribution in [2.24, 2.45) is 0 Å². The van der Waals surface area contributed by atoms with Gasteiger partial charge in [-0.25, -0.2) is 0 Å². The minimum atomic E-state index is 0.509. The van der Waals surface area contributed by atoms with Gasteiger partial charge in [0.15, 0.2) is 0 Å². The second-order valence-corrected chi connectivity index (χ2v) is 5.93. The molecule has 1 aliphatic carbocycles. The van der Waals surface area contributed by atoms with Gasteiger partial charge in [-0.05, 0) is 38.8 Å². The van der Waals surface area contributed by atoms with E-state index in [2.05, 4.69) is 22.4 Å². The SMILES string of the molecule is CCCNCCCc1nnc(C2CCCCCCC2)o1. The fourth-order valence-electron chi connectivity index (χ4n) is 2.90. The number of nitrogens with zero attached hydrogens (tertiary/aromatic N) is 2. The van der Waals surface area contributed by atoms with E-state index in [0.717, 1.165) is 37.7 Å². The molecule has 2 rings (SSSR count). The summed E-state index contributed by atoms with van der Waals surface area (Å²) in [6.45, 7) is 4.32. The van der Waals surface area contributed by atoms with Crippen LogP contribution in [0, 0.1) is 0 Å². The second-order valence-electron chi connectivity index (χ2n) is 5.93. The maximum atomic E-state index is 5.88. The number of nitrogens with one attached hydrogen (secondary N) is 1. The van der Waals surface area contributed by atoms with Crippen molar-refractivity contribution in [1.29, 1.82) is 0 Å². The summed E-state index contributed by atoms with van der Waals surface area (Å²) in [4.78, 5) is 0. The first kappa shape index (κ1) is 15.5. The molecule has 1 fully saturated rings. The Morgan fingerprint density at radius 2 is 1.80 bits per heavy atom. The molecule has 0 radical (unpaired) electrons. The van der Waals surface area contributed by atoms with Gasteiger partial charge in [0.05, 0.1) is 0 Å². The highest BCUT2D eigenvalue weighted by Gasteiger charge is 2.19. The van der Waals surface area contributed by atoms with Crippen molar-refractivity contribution < 1.29 is 4.42 Å². The summed E-state index contributed by atoms with van der Waals surface area (Å²) in [5.74, 6) is 2.22. The molecule has 1 aromatic heterocycles. The van der Waals surface area contributed by atoms with E-state index in [1.165, 1.54) is 51.4 Å². The number of aryl methyl sites for hydroxylation is 1. The van der Waals surface area contributed by atoms with Gasteiger partial charge in [0.1, 0.15) is 0 Å². The van der Waals surface area contributed by atoms with Crippen LogP contribution in [0.4, 0.5) is 0 Å². The third-order valence-electron chi connectivity index (χ3n) is 4.11. The lowest BCUT2D eigenvalue weighted by Gasteiger charge is -2.15. The molecule has 0 atom stereocenters. The van der Waals surface area contributed by atoms with Gasteiger partial charge in [0.25, 0.3) is 0 Å². The Labute approximate surface area is 122 Å². The standard InChI is InChI=1S/C16H29N3O/c1-2-12-17-13-8-11-15-18-19-16(20-15)14-9-6-4-3-5-7-10-14/h14,17H,2-13H2,1H3. The van der Waals surface area contributed by atoms with Gasteiger partial charge in [-0.1, -0.05) is 39.0 Å². The van der Waals surface area contributed by atoms with E-state index in [-0.39, 0.29) is 0 Å². The zero-order valence-corrected chi connectivity index (χ0v) is 12.9. The van der Waals surface area contributed by atoms with Crippen molar-refractivity contribution in [1.82, 2.24) is 15.5 Å². The summed E-state index contributed by atoms with van der Waals surface area (Å²) in [7, 11) is 0. The molecule has 0 amide bonds. The molecule has 0 aromatic carbocycles. The lowest BCUT2D eigenvalue weighted by Crippen LogP contribution is -2.16. The molecule has 0 aliphatic heterocycles. The topological polar surface area (TPSA) is 51.0 Å². The van der Waals surface area contributed by atoms with Gasteiger partial charge < -0.3 is 9.73 Å². The largest absolute Gasteiger partial charge is 0.425 e. The first-order valence-electron chi connectivity index (χ1n) is 8.43. The van der Waals surface area contributed by atoms with E-state index in [0.29, 0.717) is 5.92 Å². The zero-order valence-electron chi connectivity index (χ0n) is 12.9. The third-order valence-corrected chi connectivity index (χ3v) is 4.11. The van der Waals surface area contributed by atoms with Gasteiger partial charge >= 0.3 is 0 Å². The Morgan fingerprint density at radius 3 is 2.55 bits per heavy atom. The van der Waals surface area contributed by atoms with Crippen LogP contribution in [0.25, 0.3) is 0 Å². The van der Waals surface area contributed by atoms with Crippen LogP contribution < -0.4 is 5.32 Å². The first-order valence-corrected chi connectivity index (χ1v) is 8.43. The summed E-state index contributed by atoms with van der Waals surface area (Å²) >= 11 is 0. The van der Waals surface area contributed by atoms with Crippen molar-refractivity contribution in [3.63, 3.8) is 0 Å². The maximum Gasteiger partial charge on any atom is 0.219 e. The third kappa shape index (κ3) is 5.23. The highest BCUT2D eigenvalue weighted by molar-refractivity contribution is 4.92. The van der Waals surface area contributed by atoms with Crippen molar-refractivity contribution in [2.75, 3.05) is 13.1 Å². The molecule has 0 saturated heterocycles. The van der Waals surface area contributed by atoms with Crippen molar-refractivity contribution in [2.45, 2.75) is 77.0 Å². The molecule has 0 spiro atoms. The predicted octanol–water partition coefficient (Wildman–Crippen LogP) is 3.83. The maximum absolute atomic E-state index is 5.88. The smallest absolute Gasteiger partial charge is 0.219 e. The van der Waals surface area contributed by atoms with Gasteiger partial charge in [-0.2, -0.15) is 0 Å². The van der Waals surface area contributed by atoms with Gasteiger partial charge in [-0.3, -0.25) is 0 Å². The molecule has 0 unspecified atom stereocenters. The Hall–Kier alpha value is -0.900. The fourth-order valence-corrected chi connectivity index (χ4v) is 2.90. The quantitative estimate of drug-likeness (QED) is 0.771. The molecular formula is C16H29N3O. The summed E-state index contributed by atoms with van der Waals surface area (Å²) < 4.78 is 5.88. The Morgan fingerprint density at radius 1 is 1.05 bits per heavy atom. The fraction of sp³-hybridized carbons (Fsp3) is 0.875. The predicted molar refractivity (Wildman–Crippen MR) is 80.8 cm³/mol. The van der Waals surface area contributed by atoms with Crippen LogP contribution in [0.3, 0.4) is 0 Å². The van der Waals surface area contributed by atoms with Crippen LogP contribution >= 0.6 is 0 Å². The summed E-state index contributed by atoms with van der Waals surface area (Å²) in [6.07, 6.45) is 12.3. The summed E-state index contributed by atoms with van der Waals surface area (Å²) in [6, 6.07) is 0. The highest BCUT2D eigenvalue weighted by atomic mass is 16.4. The van der Waals surface area contributed by atoms with Crippen LogP contribution in [-0.2, 0) is 6.42 Å². The Bertz CT molecular complexity index is 356. The van der Waals surface area contributed by atoms with Crippen molar-refractivity contribution >= 4 is 0 Å². The molecule has 4 nitrogen and oxygen atoms in total. The molecule has 1 aliphatic rings. The van der Waals surface area contributed by atoms with E-state index in [4.69, 9.17) is 4.42 Å². The second kappa shape index (κ2) is 9.11.